The average molecular weight is 219 g/mol. The van der Waals surface area contributed by atoms with Crippen molar-refractivity contribution >= 4 is 17.4 Å². The van der Waals surface area contributed by atoms with Crippen LogP contribution in [0.1, 0.15) is 0 Å². The van der Waals surface area contributed by atoms with E-state index in [9.17, 15) is 0 Å². The molecule has 0 bridgehead atoms. The fourth-order valence-corrected chi connectivity index (χ4v) is 1.02. The second-order valence-corrected chi connectivity index (χ2v) is 2.96. The monoisotopic (exact) mass is 219 g/mol. The predicted octanol–water partition coefficient (Wildman–Crippen LogP) is -1.37. The van der Waals surface area contributed by atoms with Crippen molar-refractivity contribution in [2.75, 3.05) is 0 Å². The summed E-state index contributed by atoms with van der Waals surface area (Å²) in [5, 5.41) is 24.3. The second kappa shape index (κ2) is 3.85. The molecule has 0 amide bonds. The minimum Gasteiger partial charge on any atom is -0.429 e. The van der Waals surface area contributed by atoms with Crippen LogP contribution in [0, 0.1) is 0 Å². The molecular formula is C8H9N7O. The SMILES string of the molecule is NC1=NN=C(N)C1=NN=c1ccn(O)cc1. The van der Waals surface area contributed by atoms with E-state index >= 15 is 0 Å². The third-order valence-electron chi connectivity index (χ3n) is 1.81. The second-order valence-electron chi connectivity index (χ2n) is 2.96. The molecule has 0 atom stereocenters. The molecule has 8 heteroatoms. The Kier molecular flexibility index (Phi) is 2.38. The number of hydrogen-bond acceptors (Lipinski definition) is 7. The third-order valence-corrected chi connectivity index (χ3v) is 1.81. The molecule has 2 rings (SSSR count). The Balaban J connectivity index is 2.33. The Morgan fingerprint density at radius 1 is 1.06 bits per heavy atom. The van der Waals surface area contributed by atoms with Gasteiger partial charge in [0.25, 0.3) is 0 Å². The van der Waals surface area contributed by atoms with Crippen LogP contribution in [-0.4, -0.2) is 27.3 Å². The molecule has 16 heavy (non-hydrogen) atoms. The Labute approximate surface area is 89.9 Å². The number of nitrogens with two attached hydrogens (primary N) is 2. The van der Waals surface area contributed by atoms with Gasteiger partial charge in [-0.05, 0) is 12.1 Å². The fourth-order valence-electron chi connectivity index (χ4n) is 1.02. The number of amidine groups is 2. The van der Waals surface area contributed by atoms with Crippen LogP contribution in [0.5, 0.6) is 0 Å². The van der Waals surface area contributed by atoms with Gasteiger partial charge in [0.15, 0.2) is 17.4 Å². The summed E-state index contributed by atoms with van der Waals surface area (Å²) in [6.07, 6.45) is 2.84. The Hall–Kier alpha value is -2.64. The normalized spacial score (nSPS) is 14.4. The third kappa shape index (κ3) is 1.90. The zero-order chi connectivity index (χ0) is 11.5. The average Bonchev–Trinajstić information content (AvgIpc) is 2.59. The van der Waals surface area contributed by atoms with Crippen molar-refractivity contribution in [1.82, 2.24) is 4.73 Å². The van der Waals surface area contributed by atoms with Crippen molar-refractivity contribution in [3.8, 4) is 0 Å². The first-order chi connectivity index (χ1) is 7.66. The molecule has 0 unspecified atom stereocenters. The molecule has 0 aliphatic carbocycles. The van der Waals surface area contributed by atoms with E-state index in [4.69, 9.17) is 16.7 Å². The Morgan fingerprint density at radius 2 is 1.62 bits per heavy atom. The van der Waals surface area contributed by atoms with Crippen LogP contribution < -0.4 is 16.8 Å². The van der Waals surface area contributed by atoms with Crippen molar-refractivity contribution in [3.05, 3.63) is 29.9 Å². The van der Waals surface area contributed by atoms with Gasteiger partial charge in [-0.25, -0.2) is 4.73 Å². The summed E-state index contributed by atoms with van der Waals surface area (Å²) >= 11 is 0. The van der Waals surface area contributed by atoms with E-state index in [0.717, 1.165) is 4.73 Å². The highest BCUT2D eigenvalue weighted by Gasteiger charge is 2.15. The van der Waals surface area contributed by atoms with E-state index in [-0.39, 0.29) is 17.4 Å². The summed E-state index contributed by atoms with van der Waals surface area (Å²) in [5.74, 6) is 0.267. The molecular weight excluding hydrogens is 210 g/mol. The maximum Gasteiger partial charge on any atom is 0.177 e. The summed E-state index contributed by atoms with van der Waals surface area (Å²) in [4.78, 5) is 0. The van der Waals surface area contributed by atoms with Crippen molar-refractivity contribution in [2.45, 2.75) is 0 Å². The lowest BCUT2D eigenvalue weighted by Gasteiger charge is -1.94. The Morgan fingerprint density at radius 3 is 2.19 bits per heavy atom. The van der Waals surface area contributed by atoms with Gasteiger partial charge in [0, 0.05) is 12.4 Å². The molecule has 0 spiro atoms. The maximum absolute atomic E-state index is 8.98. The van der Waals surface area contributed by atoms with Gasteiger partial charge in [-0.3, -0.25) is 0 Å². The number of rotatable bonds is 1. The van der Waals surface area contributed by atoms with Gasteiger partial charge in [0.2, 0.25) is 0 Å². The topological polar surface area (TPSA) is 127 Å². The zero-order valence-electron chi connectivity index (χ0n) is 8.15. The highest BCUT2D eigenvalue weighted by Crippen LogP contribution is 1.92. The number of aromatic nitrogens is 1. The molecule has 1 aliphatic rings. The van der Waals surface area contributed by atoms with E-state index in [2.05, 4.69) is 20.4 Å². The summed E-state index contributed by atoms with van der Waals surface area (Å²) < 4.78 is 0.896. The molecule has 1 aromatic heterocycles. The van der Waals surface area contributed by atoms with E-state index in [1.807, 2.05) is 0 Å². The molecule has 5 N–H and O–H groups in total. The molecule has 8 nitrogen and oxygen atoms in total. The van der Waals surface area contributed by atoms with Crippen LogP contribution in [0.25, 0.3) is 0 Å². The molecule has 0 radical (unpaired) electrons. The minimum atomic E-state index is 0.134. The minimum absolute atomic E-state index is 0.134. The highest BCUT2D eigenvalue weighted by atomic mass is 16.5. The van der Waals surface area contributed by atoms with Crippen LogP contribution in [0.2, 0.25) is 0 Å². The van der Waals surface area contributed by atoms with E-state index < -0.39 is 0 Å². The van der Waals surface area contributed by atoms with Gasteiger partial charge in [0.05, 0.1) is 5.36 Å². The van der Waals surface area contributed by atoms with Gasteiger partial charge >= 0.3 is 0 Å². The largest absolute Gasteiger partial charge is 0.429 e. The lowest BCUT2D eigenvalue weighted by atomic mass is 10.3. The lowest BCUT2D eigenvalue weighted by molar-refractivity contribution is 0.184. The molecule has 0 fully saturated rings. The van der Waals surface area contributed by atoms with Crippen molar-refractivity contribution in [2.24, 2.45) is 31.9 Å². The lowest BCUT2D eigenvalue weighted by Crippen LogP contribution is -2.31. The molecule has 1 aliphatic heterocycles. The molecule has 0 aromatic carbocycles. The van der Waals surface area contributed by atoms with Crippen molar-refractivity contribution in [3.63, 3.8) is 0 Å². The highest BCUT2D eigenvalue weighted by molar-refractivity contribution is 6.68. The van der Waals surface area contributed by atoms with Crippen LogP contribution >= 0.6 is 0 Å². The van der Waals surface area contributed by atoms with Crippen molar-refractivity contribution < 1.29 is 5.21 Å². The summed E-state index contributed by atoms with van der Waals surface area (Å²) in [6.45, 7) is 0. The van der Waals surface area contributed by atoms with E-state index in [1.54, 1.807) is 12.1 Å². The number of nitrogens with zero attached hydrogens (tertiary/aromatic N) is 5. The first kappa shape index (κ1) is 9.90. The number of pyridine rings is 1. The van der Waals surface area contributed by atoms with E-state index in [1.165, 1.54) is 12.4 Å². The smallest absolute Gasteiger partial charge is 0.177 e. The number of hydrogen-bond donors (Lipinski definition) is 3. The van der Waals surface area contributed by atoms with Gasteiger partial charge < -0.3 is 16.7 Å². The van der Waals surface area contributed by atoms with Crippen LogP contribution in [0.15, 0.2) is 44.9 Å². The summed E-state index contributed by atoms with van der Waals surface area (Å²) in [5.41, 5.74) is 11.2. The van der Waals surface area contributed by atoms with Crippen molar-refractivity contribution in [1.29, 1.82) is 0 Å². The van der Waals surface area contributed by atoms with Gasteiger partial charge in [-0.15, -0.1) is 15.3 Å². The van der Waals surface area contributed by atoms with Crippen LogP contribution in [0.4, 0.5) is 0 Å². The first-order valence-electron chi connectivity index (χ1n) is 4.33. The van der Waals surface area contributed by atoms with Crippen LogP contribution in [0.3, 0.4) is 0 Å². The van der Waals surface area contributed by atoms with Gasteiger partial charge in [0.1, 0.15) is 0 Å². The quantitative estimate of drug-likeness (QED) is 0.398. The summed E-state index contributed by atoms with van der Waals surface area (Å²) in [6, 6.07) is 3.14. The zero-order valence-corrected chi connectivity index (χ0v) is 8.15. The summed E-state index contributed by atoms with van der Waals surface area (Å²) in [7, 11) is 0. The molecule has 0 saturated heterocycles. The molecule has 82 valence electrons. The maximum atomic E-state index is 8.98. The van der Waals surface area contributed by atoms with Gasteiger partial charge in [-0.2, -0.15) is 5.10 Å². The fraction of sp³-hybridized carbons (Fsp3) is 0. The predicted molar refractivity (Wildman–Crippen MR) is 57.9 cm³/mol. The molecule has 1 aromatic rings. The Bertz CT molecular complexity index is 525. The van der Waals surface area contributed by atoms with Crippen LogP contribution in [-0.2, 0) is 0 Å². The van der Waals surface area contributed by atoms with E-state index in [0.29, 0.717) is 5.36 Å². The molecule has 2 heterocycles. The molecule has 0 saturated carbocycles. The van der Waals surface area contributed by atoms with Gasteiger partial charge in [-0.1, -0.05) is 0 Å². The standard InChI is InChI=1S/C8H9N7O/c9-7-6(8(10)14-13-7)12-11-5-1-3-15(16)4-2-5/h1-4,16H,(H4,9,10,12,13,14). The first-order valence-corrected chi connectivity index (χ1v) is 4.33.